The molecular weight excluding hydrogens is 250 g/mol. The van der Waals surface area contributed by atoms with Crippen molar-refractivity contribution in [1.82, 2.24) is 4.98 Å². The van der Waals surface area contributed by atoms with Crippen LogP contribution in [-0.4, -0.2) is 24.0 Å². The molecule has 1 aromatic heterocycles. The molecule has 2 heterocycles. The molecule has 4 nitrogen and oxygen atoms in total. The number of rotatable bonds is 2. The molecule has 0 radical (unpaired) electrons. The van der Waals surface area contributed by atoms with Gasteiger partial charge >= 0.3 is 0 Å². The minimum absolute atomic E-state index is 0.0985. The molecule has 102 valence electrons. The fourth-order valence-electron chi connectivity index (χ4n) is 2.58. The lowest BCUT2D eigenvalue weighted by Gasteiger charge is -2.39. The summed E-state index contributed by atoms with van der Waals surface area (Å²) in [6.45, 7) is 2.62. The number of hydrogen-bond acceptors (Lipinski definition) is 3. The maximum absolute atomic E-state index is 12.3. The third kappa shape index (κ3) is 2.03. The summed E-state index contributed by atoms with van der Waals surface area (Å²) in [6.07, 6.45) is 1.77. The standard InChI is InChI=1S/C16H17N3O/c1-12-16(20)18(2)14-9-6-10-17-15(14)19(12)11-13-7-4-3-5-8-13/h3-10,12H,11H2,1-2H3/t12-/m1/s1. The molecule has 0 N–H and O–H groups in total. The molecule has 20 heavy (non-hydrogen) atoms. The van der Waals surface area contributed by atoms with E-state index in [4.69, 9.17) is 0 Å². The number of carbonyl (C=O) groups is 1. The van der Waals surface area contributed by atoms with Crippen LogP contribution in [0.25, 0.3) is 0 Å². The van der Waals surface area contributed by atoms with Gasteiger partial charge in [0, 0.05) is 19.8 Å². The van der Waals surface area contributed by atoms with Crippen molar-refractivity contribution in [2.45, 2.75) is 19.5 Å². The molecular formula is C16H17N3O. The highest BCUT2D eigenvalue weighted by atomic mass is 16.2. The van der Waals surface area contributed by atoms with Crippen molar-refractivity contribution >= 4 is 17.4 Å². The molecule has 0 saturated carbocycles. The Morgan fingerprint density at radius 3 is 2.65 bits per heavy atom. The minimum atomic E-state index is -0.206. The van der Waals surface area contributed by atoms with Gasteiger partial charge in [0.25, 0.3) is 0 Å². The van der Waals surface area contributed by atoms with Crippen LogP contribution in [-0.2, 0) is 11.3 Å². The predicted octanol–water partition coefficient (Wildman–Crippen LogP) is 2.45. The molecule has 1 aromatic carbocycles. The number of aromatic nitrogens is 1. The summed E-state index contributed by atoms with van der Waals surface area (Å²) in [7, 11) is 1.80. The first-order chi connectivity index (χ1) is 9.68. The van der Waals surface area contributed by atoms with Crippen molar-refractivity contribution in [1.29, 1.82) is 0 Å². The first kappa shape index (κ1) is 12.7. The van der Waals surface area contributed by atoms with Crippen molar-refractivity contribution in [2.75, 3.05) is 16.8 Å². The quantitative estimate of drug-likeness (QED) is 0.838. The molecule has 2 aromatic rings. The highest BCUT2D eigenvalue weighted by Gasteiger charge is 2.34. The van der Waals surface area contributed by atoms with Gasteiger partial charge < -0.3 is 9.80 Å². The summed E-state index contributed by atoms with van der Waals surface area (Å²) in [4.78, 5) is 20.6. The molecule has 1 aliphatic heterocycles. The number of pyridine rings is 1. The second-order valence-electron chi connectivity index (χ2n) is 5.03. The Kier molecular flexibility index (Phi) is 3.14. The lowest BCUT2D eigenvalue weighted by molar-refractivity contribution is -0.119. The largest absolute Gasteiger partial charge is 0.339 e. The number of nitrogens with zero attached hydrogens (tertiary/aromatic N) is 3. The zero-order chi connectivity index (χ0) is 14.1. The number of likely N-dealkylation sites (N-methyl/N-ethyl adjacent to an activating group) is 1. The molecule has 1 amide bonds. The minimum Gasteiger partial charge on any atom is -0.339 e. The van der Waals surface area contributed by atoms with Crippen molar-refractivity contribution in [3.63, 3.8) is 0 Å². The summed E-state index contributed by atoms with van der Waals surface area (Å²) < 4.78 is 0. The van der Waals surface area contributed by atoms with Gasteiger partial charge in [-0.25, -0.2) is 4.98 Å². The SMILES string of the molecule is C[C@@H]1C(=O)N(C)c2cccnc2N1Cc1ccccc1. The maximum Gasteiger partial charge on any atom is 0.249 e. The molecule has 1 aliphatic rings. The average molecular weight is 267 g/mol. The Hall–Kier alpha value is -2.36. The van der Waals surface area contributed by atoms with E-state index in [2.05, 4.69) is 22.0 Å². The maximum atomic E-state index is 12.3. The second kappa shape index (κ2) is 4.96. The van der Waals surface area contributed by atoms with Crippen LogP contribution in [0.5, 0.6) is 0 Å². The number of carbonyl (C=O) groups excluding carboxylic acids is 1. The molecule has 0 fully saturated rings. The fourth-order valence-corrected chi connectivity index (χ4v) is 2.58. The Bertz CT molecular complexity index is 627. The van der Waals surface area contributed by atoms with Crippen LogP contribution in [0.4, 0.5) is 11.5 Å². The number of benzene rings is 1. The van der Waals surface area contributed by atoms with Gasteiger partial charge in [-0.05, 0) is 24.6 Å². The second-order valence-corrected chi connectivity index (χ2v) is 5.03. The molecule has 0 unspecified atom stereocenters. The normalized spacial score (nSPS) is 18.1. The highest BCUT2D eigenvalue weighted by Crippen LogP contribution is 2.33. The summed E-state index contributed by atoms with van der Waals surface area (Å²) in [5, 5.41) is 0. The fraction of sp³-hybridized carbons (Fsp3) is 0.250. The van der Waals surface area contributed by atoms with E-state index >= 15 is 0 Å². The topological polar surface area (TPSA) is 36.4 Å². The first-order valence-corrected chi connectivity index (χ1v) is 6.71. The van der Waals surface area contributed by atoms with Crippen LogP contribution in [0.2, 0.25) is 0 Å². The molecule has 0 aliphatic carbocycles. The van der Waals surface area contributed by atoms with E-state index in [0.29, 0.717) is 6.54 Å². The first-order valence-electron chi connectivity index (χ1n) is 6.71. The van der Waals surface area contributed by atoms with E-state index < -0.39 is 0 Å². The van der Waals surface area contributed by atoms with E-state index in [1.165, 1.54) is 5.56 Å². The Balaban J connectivity index is 2.01. The number of fused-ring (bicyclic) bond motifs is 1. The summed E-state index contributed by atoms with van der Waals surface area (Å²) in [5.41, 5.74) is 2.04. The van der Waals surface area contributed by atoms with E-state index in [1.54, 1.807) is 18.1 Å². The van der Waals surface area contributed by atoms with Gasteiger partial charge in [0.05, 0.1) is 5.69 Å². The average Bonchev–Trinajstić information content (AvgIpc) is 2.50. The van der Waals surface area contributed by atoms with E-state index in [-0.39, 0.29) is 11.9 Å². The van der Waals surface area contributed by atoms with E-state index in [1.807, 2.05) is 37.3 Å². The van der Waals surface area contributed by atoms with Crippen LogP contribution in [0.1, 0.15) is 12.5 Å². The lowest BCUT2D eigenvalue weighted by Crippen LogP contribution is -2.50. The van der Waals surface area contributed by atoms with Crippen LogP contribution < -0.4 is 9.80 Å². The molecule has 0 spiro atoms. The van der Waals surface area contributed by atoms with Crippen LogP contribution in [0.3, 0.4) is 0 Å². The van der Waals surface area contributed by atoms with Gasteiger partial charge in [-0.2, -0.15) is 0 Å². The van der Waals surface area contributed by atoms with Gasteiger partial charge in [0.15, 0.2) is 5.82 Å². The summed E-state index contributed by atoms with van der Waals surface area (Å²) >= 11 is 0. The molecule has 3 rings (SSSR count). The molecule has 1 atom stereocenters. The Morgan fingerprint density at radius 1 is 1.15 bits per heavy atom. The number of anilines is 2. The summed E-state index contributed by atoms with van der Waals surface area (Å²) in [6, 6.07) is 13.7. The Morgan fingerprint density at radius 2 is 1.90 bits per heavy atom. The monoisotopic (exact) mass is 267 g/mol. The number of amides is 1. The number of hydrogen-bond donors (Lipinski definition) is 0. The van der Waals surface area contributed by atoms with Crippen molar-refractivity contribution in [2.24, 2.45) is 0 Å². The van der Waals surface area contributed by atoms with Crippen LogP contribution >= 0.6 is 0 Å². The van der Waals surface area contributed by atoms with Gasteiger partial charge in [-0.3, -0.25) is 4.79 Å². The van der Waals surface area contributed by atoms with E-state index in [0.717, 1.165) is 11.5 Å². The van der Waals surface area contributed by atoms with Gasteiger partial charge in [-0.15, -0.1) is 0 Å². The smallest absolute Gasteiger partial charge is 0.249 e. The van der Waals surface area contributed by atoms with Crippen LogP contribution in [0, 0.1) is 0 Å². The van der Waals surface area contributed by atoms with Crippen molar-refractivity contribution in [3.05, 3.63) is 54.2 Å². The predicted molar refractivity (Wildman–Crippen MR) is 79.7 cm³/mol. The third-order valence-electron chi connectivity index (χ3n) is 3.75. The molecule has 4 heteroatoms. The molecule has 0 bridgehead atoms. The third-order valence-corrected chi connectivity index (χ3v) is 3.75. The summed E-state index contributed by atoms with van der Waals surface area (Å²) in [5.74, 6) is 0.965. The van der Waals surface area contributed by atoms with Gasteiger partial charge in [0.2, 0.25) is 5.91 Å². The zero-order valence-corrected chi connectivity index (χ0v) is 11.7. The van der Waals surface area contributed by atoms with Gasteiger partial charge in [0.1, 0.15) is 6.04 Å². The highest BCUT2D eigenvalue weighted by molar-refractivity contribution is 6.04. The molecule has 0 saturated heterocycles. The van der Waals surface area contributed by atoms with Crippen molar-refractivity contribution < 1.29 is 4.79 Å². The van der Waals surface area contributed by atoms with Crippen LogP contribution in [0.15, 0.2) is 48.7 Å². The van der Waals surface area contributed by atoms with Crippen molar-refractivity contribution in [3.8, 4) is 0 Å². The lowest BCUT2D eigenvalue weighted by atomic mass is 10.1. The Labute approximate surface area is 118 Å². The van der Waals surface area contributed by atoms with Gasteiger partial charge in [-0.1, -0.05) is 30.3 Å². The zero-order valence-electron chi connectivity index (χ0n) is 11.7. The van der Waals surface area contributed by atoms with E-state index in [9.17, 15) is 4.79 Å².